The number of hydrogen-bond donors (Lipinski definition) is 1. The Hall–Kier alpha value is -3.40. The van der Waals surface area contributed by atoms with Crippen LogP contribution in [0.2, 0.25) is 0 Å². The van der Waals surface area contributed by atoms with Crippen molar-refractivity contribution in [3.05, 3.63) is 63.7 Å². The molecule has 0 spiro atoms. The van der Waals surface area contributed by atoms with E-state index in [-0.39, 0.29) is 5.69 Å². The van der Waals surface area contributed by atoms with Gasteiger partial charge in [-0.2, -0.15) is 5.26 Å². The maximum atomic E-state index is 12.2. The number of nitriles is 1. The SMILES string of the molecule is Cc1ccc(NC(=O)C(C)Oc2cccc(C#N)c2)cc1[N+](=O)[O-]. The van der Waals surface area contributed by atoms with E-state index in [1.165, 1.54) is 12.1 Å². The number of anilines is 1. The number of benzene rings is 2. The summed E-state index contributed by atoms with van der Waals surface area (Å²) in [4.78, 5) is 22.6. The van der Waals surface area contributed by atoms with Crippen molar-refractivity contribution < 1.29 is 14.5 Å². The molecule has 7 nitrogen and oxygen atoms in total. The maximum absolute atomic E-state index is 12.2. The summed E-state index contributed by atoms with van der Waals surface area (Å²) in [5.41, 5.74) is 1.19. The van der Waals surface area contributed by atoms with Crippen molar-refractivity contribution in [3.63, 3.8) is 0 Å². The molecule has 1 atom stereocenters. The van der Waals surface area contributed by atoms with Crippen LogP contribution in [0.15, 0.2) is 42.5 Å². The summed E-state index contributed by atoms with van der Waals surface area (Å²) in [6.45, 7) is 3.18. The fraction of sp³-hybridized carbons (Fsp3) is 0.176. The number of rotatable bonds is 5. The number of carbonyl (C=O) groups is 1. The number of nitrogens with one attached hydrogen (secondary N) is 1. The van der Waals surface area contributed by atoms with Gasteiger partial charge in [0.1, 0.15) is 5.75 Å². The van der Waals surface area contributed by atoms with Gasteiger partial charge < -0.3 is 10.1 Å². The van der Waals surface area contributed by atoms with E-state index in [9.17, 15) is 14.9 Å². The Kier molecular flexibility index (Phi) is 5.12. The molecule has 0 aliphatic heterocycles. The summed E-state index contributed by atoms with van der Waals surface area (Å²) in [6.07, 6.45) is -0.834. The lowest BCUT2D eigenvalue weighted by Crippen LogP contribution is -2.30. The average molecular weight is 325 g/mol. The second-order valence-corrected chi connectivity index (χ2v) is 5.15. The first-order valence-electron chi connectivity index (χ1n) is 7.13. The molecule has 2 aromatic rings. The smallest absolute Gasteiger partial charge is 0.274 e. The first kappa shape index (κ1) is 17.0. The number of carbonyl (C=O) groups excluding carboxylic acids is 1. The highest BCUT2D eigenvalue weighted by Crippen LogP contribution is 2.22. The van der Waals surface area contributed by atoms with Crippen LogP contribution in [0.4, 0.5) is 11.4 Å². The number of ether oxygens (including phenoxy) is 1. The van der Waals surface area contributed by atoms with Gasteiger partial charge in [0.2, 0.25) is 0 Å². The summed E-state index contributed by atoms with van der Waals surface area (Å²) in [6, 6.07) is 12.9. The maximum Gasteiger partial charge on any atom is 0.274 e. The van der Waals surface area contributed by atoms with E-state index in [2.05, 4.69) is 5.32 Å². The molecule has 0 aliphatic rings. The molecule has 0 aliphatic carbocycles. The van der Waals surface area contributed by atoms with Crippen molar-refractivity contribution in [1.82, 2.24) is 0 Å². The second kappa shape index (κ2) is 7.24. The van der Waals surface area contributed by atoms with Gasteiger partial charge in [0.25, 0.3) is 11.6 Å². The highest BCUT2D eigenvalue weighted by molar-refractivity contribution is 5.94. The molecule has 2 rings (SSSR count). The molecule has 0 aromatic heterocycles. The fourth-order valence-electron chi connectivity index (χ4n) is 2.02. The monoisotopic (exact) mass is 325 g/mol. The second-order valence-electron chi connectivity index (χ2n) is 5.15. The standard InChI is InChI=1S/C17H15N3O4/c1-11-6-7-14(9-16(11)20(22)23)19-17(21)12(2)24-15-5-3-4-13(8-15)10-18/h3-9,12H,1-2H3,(H,19,21). The molecule has 1 N–H and O–H groups in total. The Morgan fingerprint density at radius 2 is 2.08 bits per heavy atom. The van der Waals surface area contributed by atoms with E-state index in [0.717, 1.165) is 0 Å². The number of amides is 1. The molecular weight excluding hydrogens is 310 g/mol. The van der Waals surface area contributed by atoms with Crippen molar-refractivity contribution in [1.29, 1.82) is 5.26 Å². The van der Waals surface area contributed by atoms with E-state index in [0.29, 0.717) is 22.6 Å². The van der Waals surface area contributed by atoms with Gasteiger partial charge in [-0.15, -0.1) is 0 Å². The van der Waals surface area contributed by atoms with Gasteiger partial charge in [-0.05, 0) is 38.1 Å². The Bertz CT molecular complexity index is 827. The van der Waals surface area contributed by atoms with Crippen LogP contribution in [-0.2, 0) is 4.79 Å². The van der Waals surface area contributed by atoms with Gasteiger partial charge in [0, 0.05) is 17.3 Å². The molecule has 122 valence electrons. The van der Waals surface area contributed by atoms with Gasteiger partial charge in [-0.1, -0.05) is 12.1 Å². The predicted octanol–water partition coefficient (Wildman–Crippen LogP) is 3.18. The zero-order valence-electron chi connectivity index (χ0n) is 13.1. The van der Waals surface area contributed by atoms with Crippen LogP contribution >= 0.6 is 0 Å². The van der Waals surface area contributed by atoms with Crippen molar-refractivity contribution in [3.8, 4) is 11.8 Å². The molecule has 0 bridgehead atoms. The summed E-state index contributed by atoms with van der Waals surface area (Å²) in [5, 5.41) is 22.4. The van der Waals surface area contributed by atoms with Gasteiger partial charge in [-0.25, -0.2) is 0 Å². The molecule has 24 heavy (non-hydrogen) atoms. The molecule has 1 amide bonds. The molecular formula is C17H15N3O4. The summed E-state index contributed by atoms with van der Waals surface area (Å²) in [5.74, 6) is -0.0536. The number of nitro benzene ring substituents is 1. The minimum atomic E-state index is -0.834. The zero-order chi connectivity index (χ0) is 17.7. The lowest BCUT2D eigenvalue weighted by Gasteiger charge is -2.15. The van der Waals surface area contributed by atoms with Crippen LogP contribution in [0.25, 0.3) is 0 Å². The van der Waals surface area contributed by atoms with Crippen molar-refractivity contribution in [2.75, 3.05) is 5.32 Å². The van der Waals surface area contributed by atoms with Crippen molar-refractivity contribution >= 4 is 17.3 Å². The summed E-state index contributed by atoms with van der Waals surface area (Å²) >= 11 is 0. The highest BCUT2D eigenvalue weighted by atomic mass is 16.6. The third-order valence-electron chi connectivity index (χ3n) is 3.32. The predicted molar refractivity (Wildman–Crippen MR) is 87.7 cm³/mol. The number of nitro groups is 1. The van der Waals surface area contributed by atoms with E-state index < -0.39 is 16.9 Å². The first-order chi connectivity index (χ1) is 11.4. The van der Waals surface area contributed by atoms with Crippen LogP contribution in [0.5, 0.6) is 5.75 Å². The lowest BCUT2D eigenvalue weighted by molar-refractivity contribution is -0.385. The first-order valence-corrected chi connectivity index (χ1v) is 7.13. The molecule has 0 saturated carbocycles. The molecule has 1 unspecified atom stereocenters. The molecule has 2 aromatic carbocycles. The highest BCUT2D eigenvalue weighted by Gasteiger charge is 2.17. The Morgan fingerprint density at radius 3 is 2.75 bits per heavy atom. The molecule has 0 saturated heterocycles. The van der Waals surface area contributed by atoms with E-state index in [1.807, 2.05) is 6.07 Å². The normalized spacial score (nSPS) is 11.2. The number of hydrogen-bond acceptors (Lipinski definition) is 5. The van der Waals surface area contributed by atoms with Crippen LogP contribution < -0.4 is 10.1 Å². The van der Waals surface area contributed by atoms with E-state index in [4.69, 9.17) is 10.00 Å². The minimum Gasteiger partial charge on any atom is -0.481 e. The van der Waals surface area contributed by atoms with Crippen LogP contribution in [0.1, 0.15) is 18.1 Å². The minimum absolute atomic E-state index is 0.0666. The lowest BCUT2D eigenvalue weighted by atomic mass is 10.2. The van der Waals surface area contributed by atoms with Gasteiger partial charge >= 0.3 is 0 Å². The fourth-order valence-corrected chi connectivity index (χ4v) is 2.02. The Labute approximate surface area is 138 Å². The van der Waals surface area contributed by atoms with Crippen molar-refractivity contribution in [2.24, 2.45) is 0 Å². The van der Waals surface area contributed by atoms with Gasteiger partial charge in [0.05, 0.1) is 16.6 Å². The summed E-state index contributed by atoms with van der Waals surface area (Å²) in [7, 11) is 0. The van der Waals surface area contributed by atoms with Crippen molar-refractivity contribution in [2.45, 2.75) is 20.0 Å². The van der Waals surface area contributed by atoms with Crippen LogP contribution in [-0.4, -0.2) is 16.9 Å². The molecule has 0 fully saturated rings. The summed E-state index contributed by atoms with van der Waals surface area (Å²) < 4.78 is 5.50. The molecule has 7 heteroatoms. The Morgan fingerprint density at radius 1 is 1.33 bits per heavy atom. The third kappa shape index (κ3) is 4.08. The van der Waals surface area contributed by atoms with Crippen LogP contribution in [0, 0.1) is 28.4 Å². The van der Waals surface area contributed by atoms with E-state index >= 15 is 0 Å². The van der Waals surface area contributed by atoms with Gasteiger partial charge in [0.15, 0.2) is 6.10 Å². The van der Waals surface area contributed by atoms with Gasteiger partial charge in [-0.3, -0.25) is 14.9 Å². The number of aryl methyl sites for hydroxylation is 1. The molecule has 0 heterocycles. The Balaban J connectivity index is 2.07. The largest absolute Gasteiger partial charge is 0.481 e. The average Bonchev–Trinajstić information content (AvgIpc) is 2.56. The van der Waals surface area contributed by atoms with E-state index in [1.54, 1.807) is 44.2 Å². The molecule has 0 radical (unpaired) electrons. The third-order valence-corrected chi connectivity index (χ3v) is 3.32. The topological polar surface area (TPSA) is 105 Å². The quantitative estimate of drug-likeness (QED) is 0.671. The zero-order valence-corrected chi connectivity index (χ0v) is 13.1. The van der Waals surface area contributed by atoms with Crippen LogP contribution in [0.3, 0.4) is 0 Å². The number of nitrogens with zero attached hydrogens (tertiary/aromatic N) is 2.